The van der Waals surface area contributed by atoms with E-state index in [-0.39, 0.29) is 0 Å². The van der Waals surface area contributed by atoms with E-state index >= 15 is 0 Å². The summed E-state index contributed by atoms with van der Waals surface area (Å²) in [5, 5.41) is 7.33. The summed E-state index contributed by atoms with van der Waals surface area (Å²) in [6, 6.07) is 7.82. The molecule has 0 radical (unpaired) electrons. The molecule has 128 valence electrons. The summed E-state index contributed by atoms with van der Waals surface area (Å²) in [7, 11) is 1.64. The molecule has 0 bridgehead atoms. The van der Waals surface area contributed by atoms with Crippen LogP contribution in [-0.2, 0) is 0 Å². The van der Waals surface area contributed by atoms with Gasteiger partial charge in [0.25, 0.3) is 0 Å². The van der Waals surface area contributed by atoms with Crippen molar-refractivity contribution in [2.24, 2.45) is 0 Å². The first kappa shape index (κ1) is 16.8. The second-order valence-corrected chi connectivity index (χ2v) is 6.64. The standard InChI is InChI=1S/C18H23ClN4O/c1-4-11(2)20-18-22-14(12-5-6-12)10-17(23-18)21-15-9-13(19)7-8-16(15)24-3/h7-12H,4-6H2,1-3H3,(H2,20,21,22,23)/t11-/m1/s1. The van der Waals surface area contributed by atoms with Crippen molar-refractivity contribution in [2.75, 3.05) is 17.7 Å². The number of nitrogens with zero attached hydrogens (tertiary/aromatic N) is 2. The van der Waals surface area contributed by atoms with E-state index in [0.29, 0.717) is 22.9 Å². The van der Waals surface area contributed by atoms with Crippen LogP contribution in [0.25, 0.3) is 0 Å². The molecule has 0 spiro atoms. The highest BCUT2D eigenvalue weighted by molar-refractivity contribution is 6.31. The van der Waals surface area contributed by atoms with Crippen LogP contribution in [0.3, 0.4) is 0 Å². The number of benzene rings is 1. The van der Waals surface area contributed by atoms with Gasteiger partial charge in [0.15, 0.2) is 0 Å². The number of halogens is 1. The smallest absolute Gasteiger partial charge is 0.225 e. The van der Waals surface area contributed by atoms with Gasteiger partial charge in [-0.15, -0.1) is 0 Å². The Morgan fingerprint density at radius 2 is 2.08 bits per heavy atom. The molecule has 5 nitrogen and oxygen atoms in total. The van der Waals surface area contributed by atoms with E-state index in [1.807, 2.05) is 18.2 Å². The number of ether oxygens (including phenoxy) is 1. The molecule has 1 saturated carbocycles. The first-order chi connectivity index (χ1) is 11.6. The van der Waals surface area contributed by atoms with E-state index in [4.69, 9.17) is 16.3 Å². The highest BCUT2D eigenvalue weighted by atomic mass is 35.5. The summed E-state index contributed by atoms with van der Waals surface area (Å²) in [6.07, 6.45) is 3.40. The van der Waals surface area contributed by atoms with Gasteiger partial charge in [-0.25, -0.2) is 4.98 Å². The highest BCUT2D eigenvalue weighted by Gasteiger charge is 2.26. The van der Waals surface area contributed by atoms with Gasteiger partial charge in [-0.2, -0.15) is 4.98 Å². The molecule has 0 unspecified atom stereocenters. The molecule has 1 aliphatic rings. The van der Waals surface area contributed by atoms with Crippen molar-refractivity contribution < 1.29 is 4.74 Å². The molecule has 0 aliphatic heterocycles. The maximum absolute atomic E-state index is 6.11. The molecule has 24 heavy (non-hydrogen) atoms. The number of aromatic nitrogens is 2. The molecule has 1 fully saturated rings. The van der Waals surface area contributed by atoms with Gasteiger partial charge < -0.3 is 15.4 Å². The zero-order chi connectivity index (χ0) is 17.1. The molecule has 2 N–H and O–H groups in total. The second-order valence-electron chi connectivity index (χ2n) is 6.20. The van der Waals surface area contributed by atoms with Crippen molar-refractivity contribution in [3.8, 4) is 5.75 Å². The molecule has 1 aliphatic carbocycles. The predicted molar refractivity (Wildman–Crippen MR) is 98.7 cm³/mol. The minimum absolute atomic E-state index is 0.327. The van der Waals surface area contributed by atoms with Crippen molar-refractivity contribution in [3.63, 3.8) is 0 Å². The fourth-order valence-electron chi connectivity index (χ4n) is 2.42. The Labute approximate surface area is 147 Å². The predicted octanol–water partition coefficient (Wildman–Crippen LogP) is 4.97. The third kappa shape index (κ3) is 4.09. The van der Waals surface area contributed by atoms with Gasteiger partial charge in [-0.1, -0.05) is 18.5 Å². The van der Waals surface area contributed by atoms with Crippen LogP contribution < -0.4 is 15.4 Å². The lowest BCUT2D eigenvalue weighted by Crippen LogP contribution is -2.16. The number of nitrogens with one attached hydrogen (secondary N) is 2. The molecule has 1 atom stereocenters. The third-order valence-electron chi connectivity index (χ3n) is 4.15. The molecular weight excluding hydrogens is 324 g/mol. The molecule has 2 aromatic rings. The second kappa shape index (κ2) is 7.26. The lowest BCUT2D eigenvalue weighted by atomic mass is 10.2. The van der Waals surface area contributed by atoms with Crippen LogP contribution in [0.2, 0.25) is 5.02 Å². The van der Waals surface area contributed by atoms with Crippen molar-refractivity contribution in [1.29, 1.82) is 0 Å². The number of methoxy groups -OCH3 is 1. The van der Waals surface area contributed by atoms with E-state index in [0.717, 1.165) is 29.4 Å². The van der Waals surface area contributed by atoms with Gasteiger partial charge in [0.1, 0.15) is 11.6 Å². The normalized spacial score (nSPS) is 15.0. The molecule has 1 aromatic carbocycles. The number of hydrogen-bond donors (Lipinski definition) is 2. The Kier molecular flexibility index (Phi) is 5.09. The molecule has 0 amide bonds. The van der Waals surface area contributed by atoms with E-state index in [2.05, 4.69) is 34.4 Å². The maximum atomic E-state index is 6.11. The van der Waals surface area contributed by atoms with Crippen LogP contribution in [-0.4, -0.2) is 23.1 Å². The van der Waals surface area contributed by atoms with Crippen LogP contribution >= 0.6 is 11.6 Å². The van der Waals surface area contributed by atoms with Gasteiger partial charge in [0, 0.05) is 23.0 Å². The fourth-order valence-corrected chi connectivity index (χ4v) is 2.59. The zero-order valence-electron chi connectivity index (χ0n) is 14.3. The first-order valence-corrected chi connectivity index (χ1v) is 8.73. The van der Waals surface area contributed by atoms with Crippen LogP contribution in [0, 0.1) is 0 Å². The van der Waals surface area contributed by atoms with Crippen LogP contribution in [0.5, 0.6) is 5.75 Å². The van der Waals surface area contributed by atoms with Crippen molar-refractivity contribution >= 4 is 29.1 Å². The topological polar surface area (TPSA) is 59.1 Å². The zero-order valence-corrected chi connectivity index (χ0v) is 15.0. The first-order valence-electron chi connectivity index (χ1n) is 8.35. The largest absolute Gasteiger partial charge is 0.495 e. The molecular formula is C18H23ClN4O. The third-order valence-corrected chi connectivity index (χ3v) is 4.39. The molecule has 6 heteroatoms. The lowest BCUT2D eigenvalue weighted by molar-refractivity contribution is 0.417. The van der Waals surface area contributed by atoms with Gasteiger partial charge in [-0.3, -0.25) is 0 Å². The van der Waals surface area contributed by atoms with Crippen LogP contribution in [0.4, 0.5) is 17.5 Å². The quantitative estimate of drug-likeness (QED) is 0.741. The summed E-state index contributed by atoms with van der Waals surface area (Å²) >= 11 is 6.11. The van der Waals surface area contributed by atoms with Gasteiger partial charge in [0.2, 0.25) is 5.95 Å². The summed E-state index contributed by atoms with van der Waals surface area (Å²) in [5.41, 5.74) is 1.87. The van der Waals surface area contributed by atoms with Crippen molar-refractivity contribution in [1.82, 2.24) is 9.97 Å². The monoisotopic (exact) mass is 346 g/mol. The minimum Gasteiger partial charge on any atom is -0.495 e. The Balaban J connectivity index is 1.90. The van der Waals surface area contributed by atoms with Crippen LogP contribution in [0.1, 0.15) is 44.7 Å². The highest BCUT2D eigenvalue weighted by Crippen LogP contribution is 2.40. The Morgan fingerprint density at radius 1 is 1.29 bits per heavy atom. The summed E-state index contributed by atoms with van der Waals surface area (Å²) < 4.78 is 5.39. The maximum Gasteiger partial charge on any atom is 0.225 e. The molecule has 0 saturated heterocycles. The molecule has 1 heterocycles. The molecule has 1 aromatic heterocycles. The summed E-state index contributed by atoms with van der Waals surface area (Å²) in [6.45, 7) is 4.26. The SMILES string of the molecule is CC[C@@H](C)Nc1nc(Nc2cc(Cl)ccc2OC)cc(C2CC2)n1. The average Bonchev–Trinajstić information content (AvgIpc) is 3.39. The Hall–Kier alpha value is -2.01. The summed E-state index contributed by atoms with van der Waals surface area (Å²) in [4.78, 5) is 9.27. The fraction of sp³-hybridized carbons (Fsp3) is 0.444. The molecule has 3 rings (SSSR count). The summed E-state index contributed by atoms with van der Waals surface area (Å²) in [5.74, 6) is 2.69. The number of anilines is 3. The average molecular weight is 347 g/mol. The lowest BCUT2D eigenvalue weighted by Gasteiger charge is -2.15. The number of hydrogen-bond acceptors (Lipinski definition) is 5. The van der Waals surface area contributed by atoms with E-state index < -0.39 is 0 Å². The van der Waals surface area contributed by atoms with Gasteiger partial charge in [0.05, 0.1) is 18.5 Å². The van der Waals surface area contributed by atoms with Gasteiger partial charge in [-0.05, 0) is 44.4 Å². The number of rotatable bonds is 7. The van der Waals surface area contributed by atoms with Gasteiger partial charge >= 0.3 is 0 Å². The Bertz CT molecular complexity index is 718. The Morgan fingerprint density at radius 3 is 2.75 bits per heavy atom. The van der Waals surface area contributed by atoms with E-state index in [1.165, 1.54) is 12.8 Å². The van der Waals surface area contributed by atoms with Crippen molar-refractivity contribution in [2.45, 2.75) is 45.1 Å². The van der Waals surface area contributed by atoms with E-state index in [1.54, 1.807) is 13.2 Å². The minimum atomic E-state index is 0.327. The van der Waals surface area contributed by atoms with Crippen LogP contribution in [0.15, 0.2) is 24.3 Å². The van der Waals surface area contributed by atoms with E-state index in [9.17, 15) is 0 Å². The van der Waals surface area contributed by atoms with Crippen molar-refractivity contribution in [3.05, 3.63) is 35.0 Å².